The smallest absolute Gasteiger partial charge is 0.329 e. The molecule has 21 heavy (non-hydrogen) atoms. The number of carbonyl (C=O) groups is 2. The Balaban J connectivity index is 2.08. The lowest BCUT2D eigenvalue weighted by Crippen LogP contribution is -2.60. The van der Waals surface area contributed by atoms with Gasteiger partial charge in [0.1, 0.15) is 5.54 Å². The van der Waals surface area contributed by atoms with E-state index in [2.05, 4.69) is 10.6 Å². The first-order valence-electron chi connectivity index (χ1n) is 6.42. The van der Waals surface area contributed by atoms with Gasteiger partial charge in [-0.05, 0) is 32.3 Å². The first kappa shape index (κ1) is 14.8. The molecule has 8 nitrogen and oxygen atoms in total. The lowest BCUT2D eigenvalue weighted by Gasteiger charge is -2.38. The summed E-state index contributed by atoms with van der Waals surface area (Å²) in [5.41, 5.74) is -0.609. The molecule has 1 aliphatic rings. The molecule has 0 radical (unpaired) electrons. The van der Waals surface area contributed by atoms with Crippen LogP contribution in [0.4, 0.5) is 16.2 Å². The van der Waals surface area contributed by atoms with Crippen LogP contribution in [0.2, 0.25) is 0 Å². The number of nitro groups is 1. The number of hydrogen-bond donors (Lipinski definition) is 3. The summed E-state index contributed by atoms with van der Waals surface area (Å²) in [5.74, 6) is -1.07. The van der Waals surface area contributed by atoms with Gasteiger partial charge in [0.2, 0.25) is 0 Å². The summed E-state index contributed by atoms with van der Waals surface area (Å²) in [6.45, 7) is 1.59. The maximum Gasteiger partial charge on any atom is 0.329 e. The molecule has 0 bridgehead atoms. The number of nitro benzene ring substituents is 1. The van der Waals surface area contributed by atoms with Crippen molar-refractivity contribution in [1.29, 1.82) is 0 Å². The summed E-state index contributed by atoms with van der Waals surface area (Å²) in [6, 6.07) is 3.60. The highest BCUT2D eigenvalue weighted by molar-refractivity contribution is 5.94. The Labute approximate surface area is 120 Å². The predicted molar refractivity (Wildman–Crippen MR) is 74.2 cm³/mol. The fourth-order valence-corrected chi connectivity index (χ4v) is 2.19. The molecular weight excluding hydrogens is 278 g/mol. The van der Waals surface area contributed by atoms with Gasteiger partial charge in [0.15, 0.2) is 0 Å². The van der Waals surface area contributed by atoms with Crippen LogP contribution in [-0.2, 0) is 4.79 Å². The van der Waals surface area contributed by atoms with E-state index >= 15 is 0 Å². The van der Waals surface area contributed by atoms with E-state index in [0.717, 1.165) is 6.42 Å². The van der Waals surface area contributed by atoms with Crippen molar-refractivity contribution in [3.05, 3.63) is 33.9 Å². The predicted octanol–water partition coefficient (Wildman–Crippen LogP) is 2.03. The van der Waals surface area contributed by atoms with E-state index in [-0.39, 0.29) is 11.4 Å². The molecule has 1 aromatic rings. The molecule has 0 aromatic heterocycles. The highest BCUT2D eigenvalue weighted by Gasteiger charge is 2.45. The number of aliphatic carboxylic acids is 1. The summed E-state index contributed by atoms with van der Waals surface area (Å²) in [5, 5.41) is 24.8. The van der Waals surface area contributed by atoms with Gasteiger partial charge in [-0.1, -0.05) is 6.07 Å². The molecule has 0 heterocycles. The number of aryl methyl sites for hydroxylation is 1. The number of carboxylic acids is 1. The molecular formula is C13H15N3O5. The number of benzene rings is 1. The third kappa shape index (κ3) is 2.93. The Bertz CT molecular complexity index is 610. The number of nitrogens with zero attached hydrogens (tertiary/aromatic N) is 1. The second-order valence-corrected chi connectivity index (χ2v) is 5.08. The molecule has 1 saturated carbocycles. The van der Waals surface area contributed by atoms with Crippen LogP contribution in [0.15, 0.2) is 18.2 Å². The number of amides is 2. The van der Waals surface area contributed by atoms with Crippen LogP contribution in [0.1, 0.15) is 24.8 Å². The third-order valence-electron chi connectivity index (χ3n) is 3.63. The van der Waals surface area contributed by atoms with Crippen molar-refractivity contribution in [2.45, 2.75) is 31.7 Å². The monoisotopic (exact) mass is 293 g/mol. The third-order valence-corrected chi connectivity index (χ3v) is 3.63. The van der Waals surface area contributed by atoms with Crippen LogP contribution in [0, 0.1) is 17.0 Å². The summed E-state index contributed by atoms with van der Waals surface area (Å²) in [7, 11) is 0. The van der Waals surface area contributed by atoms with Crippen molar-refractivity contribution in [3.8, 4) is 0 Å². The minimum atomic E-state index is -1.22. The molecule has 1 aromatic carbocycles. The van der Waals surface area contributed by atoms with Crippen LogP contribution >= 0.6 is 0 Å². The van der Waals surface area contributed by atoms with Crippen LogP contribution in [0.5, 0.6) is 0 Å². The molecule has 2 rings (SSSR count). The number of urea groups is 1. The van der Waals surface area contributed by atoms with Gasteiger partial charge < -0.3 is 15.7 Å². The van der Waals surface area contributed by atoms with Crippen molar-refractivity contribution < 1.29 is 19.6 Å². The minimum absolute atomic E-state index is 0.107. The molecule has 2 amide bonds. The van der Waals surface area contributed by atoms with E-state index in [9.17, 15) is 19.7 Å². The largest absolute Gasteiger partial charge is 0.480 e. The maximum atomic E-state index is 11.8. The topological polar surface area (TPSA) is 122 Å². The first-order valence-corrected chi connectivity index (χ1v) is 6.42. The fraction of sp³-hybridized carbons (Fsp3) is 0.385. The Kier molecular flexibility index (Phi) is 3.79. The molecule has 0 saturated heterocycles. The van der Waals surface area contributed by atoms with Crippen molar-refractivity contribution >= 4 is 23.4 Å². The average molecular weight is 293 g/mol. The molecule has 1 fully saturated rings. The van der Waals surface area contributed by atoms with E-state index in [4.69, 9.17) is 5.11 Å². The quantitative estimate of drug-likeness (QED) is 0.579. The van der Waals surface area contributed by atoms with Gasteiger partial charge in [0.25, 0.3) is 5.69 Å². The Morgan fingerprint density at radius 2 is 2.05 bits per heavy atom. The van der Waals surface area contributed by atoms with Crippen molar-refractivity contribution in [1.82, 2.24) is 5.32 Å². The van der Waals surface area contributed by atoms with E-state index < -0.39 is 22.5 Å². The maximum absolute atomic E-state index is 11.8. The first-order chi connectivity index (χ1) is 9.84. The number of hydrogen-bond acceptors (Lipinski definition) is 4. The molecule has 3 N–H and O–H groups in total. The number of carbonyl (C=O) groups excluding carboxylic acids is 1. The summed E-state index contributed by atoms with van der Waals surface area (Å²) < 4.78 is 0. The van der Waals surface area contributed by atoms with Gasteiger partial charge in [-0.15, -0.1) is 0 Å². The number of nitrogens with one attached hydrogen (secondary N) is 2. The van der Waals surface area contributed by atoms with Crippen molar-refractivity contribution in [2.75, 3.05) is 5.32 Å². The molecule has 0 unspecified atom stereocenters. The van der Waals surface area contributed by atoms with Gasteiger partial charge >= 0.3 is 12.0 Å². The van der Waals surface area contributed by atoms with E-state index in [1.807, 2.05) is 0 Å². The molecule has 1 aliphatic carbocycles. The van der Waals surface area contributed by atoms with Crippen molar-refractivity contribution in [2.24, 2.45) is 0 Å². The zero-order valence-corrected chi connectivity index (χ0v) is 11.4. The van der Waals surface area contributed by atoms with Crippen LogP contribution < -0.4 is 10.6 Å². The summed E-state index contributed by atoms with van der Waals surface area (Å²) >= 11 is 0. The van der Waals surface area contributed by atoms with Gasteiger partial charge in [0.05, 0.1) is 4.92 Å². The van der Waals surface area contributed by atoms with Gasteiger partial charge in [-0.2, -0.15) is 0 Å². The fourth-order valence-electron chi connectivity index (χ4n) is 2.19. The molecule has 8 heteroatoms. The van der Waals surface area contributed by atoms with Gasteiger partial charge in [-0.25, -0.2) is 9.59 Å². The van der Waals surface area contributed by atoms with E-state index in [1.54, 1.807) is 6.92 Å². The van der Waals surface area contributed by atoms with Crippen LogP contribution in [0.3, 0.4) is 0 Å². The van der Waals surface area contributed by atoms with Crippen LogP contribution in [0.25, 0.3) is 0 Å². The van der Waals surface area contributed by atoms with E-state index in [0.29, 0.717) is 18.4 Å². The number of anilines is 1. The lowest BCUT2D eigenvalue weighted by molar-refractivity contribution is -0.385. The normalized spacial score (nSPS) is 15.7. The highest BCUT2D eigenvalue weighted by Crippen LogP contribution is 2.32. The van der Waals surface area contributed by atoms with E-state index in [1.165, 1.54) is 18.2 Å². The lowest BCUT2D eigenvalue weighted by atomic mass is 9.77. The number of carboxylic acid groups (broad SMARTS) is 1. The second kappa shape index (κ2) is 5.39. The van der Waals surface area contributed by atoms with Gasteiger partial charge in [-0.3, -0.25) is 10.1 Å². The molecule has 0 spiro atoms. The average Bonchev–Trinajstić information content (AvgIpc) is 2.35. The molecule has 0 atom stereocenters. The van der Waals surface area contributed by atoms with Crippen molar-refractivity contribution in [3.63, 3.8) is 0 Å². The Morgan fingerprint density at radius 1 is 1.38 bits per heavy atom. The second-order valence-electron chi connectivity index (χ2n) is 5.08. The molecule has 0 aliphatic heterocycles. The minimum Gasteiger partial charge on any atom is -0.480 e. The Morgan fingerprint density at radius 3 is 2.52 bits per heavy atom. The van der Waals surface area contributed by atoms with Crippen LogP contribution in [-0.4, -0.2) is 27.6 Å². The zero-order chi connectivity index (χ0) is 15.6. The Hall–Kier alpha value is -2.64. The summed E-state index contributed by atoms with van der Waals surface area (Å²) in [4.78, 5) is 33.3. The summed E-state index contributed by atoms with van der Waals surface area (Å²) in [6.07, 6.45) is 1.50. The van der Waals surface area contributed by atoms with Gasteiger partial charge in [0, 0.05) is 17.3 Å². The zero-order valence-electron chi connectivity index (χ0n) is 11.4. The number of rotatable bonds is 4. The highest BCUT2D eigenvalue weighted by atomic mass is 16.6. The standard InChI is InChI=1S/C13H15N3O5/c1-8-3-4-9(7-10(8)16(20)21)14-12(19)15-13(11(17)18)5-2-6-13/h3-4,7H,2,5-6H2,1H3,(H,17,18)(H2,14,15,19). The molecule has 112 valence electrons. The SMILES string of the molecule is Cc1ccc(NC(=O)NC2(C(=O)O)CCC2)cc1[N+](=O)[O-].